The Bertz CT molecular complexity index is 781. The Balaban J connectivity index is 1.89. The monoisotopic (exact) mass is 369 g/mol. The van der Waals surface area contributed by atoms with E-state index in [0.29, 0.717) is 17.9 Å². The van der Waals surface area contributed by atoms with Crippen LogP contribution >= 0.6 is 0 Å². The molecular weight excluding hydrogens is 342 g/mol. The number of Topliss-reactive ketones (excluding diaryl/α,β-unsaturated/α-hetero) is 1. The number of ketones is 2. The van der Waals surface area contributed by atoms with Crippen molar-refractivity contribution >= 4 is 17.6 Å². The molecule has 1 aliphatic heterocycles. The summed E-state index contributed by atoms with van der Waals surface area (Å²) in [5.74, 6) is 0.00110. The number of fused-ring (bicyclic) bond motifs is 1. The number of imidazole rings is 1. The van der Waals surface area contributed by atoms with Crippen LogP contribution in [0.15, 0.2) is 30.4 Å². The predicted molar refractivity (Wildman–Crippen MR) is 105 cm³/mol. The van der Waals surface area contributed by atoms with Gasteiger partial charge in [0, 0.05) is 32.1 Å². The molecule has 2 aliphatic rings. The van der Waals surface area contributed by atoms with Crippen molar-refractivity contribution in [3.63, 3.8) is 0 Å². The van der Waals surface area contributed by atoms with E-state index in [1.54, 1.807) is 18.2 Å². The van der Waals surface area contributed by atoms with Gasteiger partial charge in [-0.2, -0.15) is 0 Å². The van der Waals surface area contributed by atoms with E-state index >= 15 is 0 Å². The minimum Gasteiger partial charge on any atom is -0.379 e. The molecule has 1 fully saturated rings. The molecule has 2 heterocycles. The predicted octanol–water partition coefficient (Wildman–Crippen LogP) is 2.62. The SMILES string of the molecule is CC(C)c1nc2c(n1CCCN1CCOCC1)C(=O)C(=O)/C=C/C=C\C=C\2. The first-order valence-corrected chi connectivity index (χ1v) is 9.58. The fourth-order valence-corrected chi connectivity index (χ4v) is 3.40. The Morgan fingerprint density at radius 2 is 1.74 bits per heavy atom. The molecule has 1 aromatic rings. The van der Waals surface area contributed by atoms with Gasteiger partial charge in [-0.25, -0.2) is 4.98 Å². The van der Waals surface area contributed by atoms with Crippen LogP contribution in [-0.4, -0.2) is 58.9 Å². The maximum Gasteiger partial charge on any atom is 0.251 e. The van der Waals surface area contributed by atoms with E-state index < -0.39 is 11.6 Å². The van der Waals surface area contributed by atoms with Crippen LogP contribution in [0.4, 0.5) is 0 Å². The standard InChI is InChI=1S/C21H27N3O3/c1-16(2)21-22-17-8-5-3-4-6-9-18(25)20(26)19(17)24(21)11-7-10-23-12-14-27-15-13-23/h3-6,8-9,16H,7,10-15H2,1-2H3/b4-3-,8-5+,9-6+. The molecule has 0 radical (unpaired) electrons. The number of aromatic nitrogens is 2. The molecule has 1 aromatic heterocycles. The first kappa shape index (κ1) is 19.5. The summed E-state index contributed by atoms with van der Waals surface area (Å²) in [5.41, 5.74) is 0.977. The summed E-state index contributed by atoms with van der Waals surface area (Å²) in [6, 6.07) is 0. The average Bonchev–Trinajstić information content (AvgIpc) is 3.03. The average molecular weight is 369 g/mol. The van der Waals surface area contributed by atoms with E-state index in [-0.39, 0.29) is 5.92 Å². The topological polar surface area (TPSA) is 64.4 Å². The van der Waals surface area contributed by atoms with E-state index in [9.17, 15) is 9.59 Å². The summed E-state index contributed by atoms with van der Waals surface area (Å²) in [6.45, 7) is 9.15. The van der Waals surface area contributed by atoms with Crippen LogP contribution in [0.25, 0.3) is 6.08 Å². The number of nitrogens with zero attached hydrogens (tertiary/aromatic N) is 3. The number of morpholine rings is 1. The molecule has 6 nitrogen and oxygen atoms in total. The molecule has 0 N–H and O–H groups in total. The molecule has 0 atom stereocenters. The Hall–Kier alpha value is -2.31. The highest BCUT2D eigenvalue weighted by molar-refractivity contribution is 6.47. The van der Waals surface area contributed by atoms with Crippen molar-refractivity contribution in [2.24, 2.45) is 0 Å². The molecule has 1 saturated heterocycles. The van der Waals surface area contributed by atoms with Gasteiger partial charge in [0.1, 0.15) is 11.5 Å². The van der Waals surface area contributed by atoms with Crippen LogP contribution in [0.5, 0.6) is 0 Å². The molecule has 0 spiro atoms. The maximum atomic E-state index is 12.8. The van der Waals surface area contributed by atoms with Crippen LogP contribution in [0.1, 0.15) is 48.2 Å². The van der Waals surface area contributed by atoms with Crippen LogP contribution in [0, 0.1) is 0 Å². The molecule has 0 bridgehead atoms. The third-order valence-electron chi connectivity index (χ3n) is 4.77. The Labute approximate surface area is 160 Å². The molecule has 3 rings (SSSR count). The summed E-state index contributed by atoms with van der Waals surface area (Å²) in [6.07, 6.45) is 11.0. The highest BCUT2D eigenvalue weighted by Crippen LogP contribution is 2.22. The van der Waals surface area contributed by atoms with Gasteiger partial charge in [0.25, 0.3) is 5.78 Å². The fourth-order valence-electron chi connectivity index (χ4n) is 3.40. The van der Waals surface area contributed by atoms with Crippen molar-refractivity contribution in [3.05, 3.63) is 47.6 Å². The normalized spacial score (nSPS) is 21.9. The minimum atomic E-state index is -0.513. The van der Waals surface area contributed by atoms with E-state index in [2.05, 4.69) is 23.7 Å². The van der Waals surface area contributed by atoms with Crippen LogP contribution < -0.4 is 0 Å². The smallest absolute Gasteiger partial charge is 0.251 e. The largest absolute Gasteiger partial charge is 0.379 e. The van der Waals surface area contributed by atoms with Crippen LogP contribution in [0.3, 0.4) is 0 Å². The molecular formula is C21H27N3O3. The number of ether oxygens (including phenoxy) is 1. The lowest BCUT2D eigenvalue weighted by Gasteiger charge is -2.26. The van der Waals surface area contributed by atoms with Gasteiger partial charge < -0.3 is 9.30 Å². The second-order valence-electron chi connectivity index (χ2n) is 7.11. The van der Waals surface area contributed by atoms with Crippen molar-refractivity contribution in [2.45, 2.75) is 32.7 Å². The summed E-state index contributed by atoms with van der Waals surface area (Å²) in [5, 5.41) is 0. The highest BCUT2D eigenvalue weighted by atomic mass is 16.5. The number of carbonyl (C=O) groups is 2. The molecule has 27 heavy (non-hydrogen) atoms. The first-order chi connectivity index (χ1) is 13.1. The summed E-state index contributed by atoms with van der Waals surface area (Å²) in [7, 11) is 0. The van der Waals surface area contributed by atoms with Crippen molar-refractivity contribution < 1.29 is 14.3 Å². The molecule has 0 unspecified atom stereocenters. The van der Waals surface area contributed by atoms with Crippen molar-refractivity contribution in [2.75, 3.05) is 32.8 Å². The lowest BCUT2D eigenvalue weighted by atomic mass is 10.1. The number of rotatable bonds is 5. The number of hydrogen-bond donors (Lipinski definition) is 0. The minimum absolute atomic E-state index is 0.161. The van der Waals surface area contributed by atoms with Crippen LogP contribution in [-0.2, 0) is 16.1 Å². The van der Waals surface area contributed by atoms with Gasteiger partial charge in [0.05, 0.1) is 18.9 Å². The zero-order valence-corrected chi connectivity index (χ0v) is 16.1. The van der Waals surface area contributed by atoms with Crippen molar-refractivity contribution in [1.82, 2.24) is 14.5 Å². The van der Waals surface area contributed by atoms with Gasteiger partial charge in [-0.15, -0.1) is 0 Å². The quantitative estimate of drug-likeness (QED) is 0.747. The van der Waals surface area contributed by atoms with Gasteiger partial charge in [0.2, 0.25) is 5.78 Å². The number of allylic oxidation sites excluding steroid dienone is 5. The maximum absolute atomic E-state index is 12.8. The Kier molecular flexibility index (Phi) is 6.53. The first-order valence-electron chi connectivity index (χ1n) is 9.58. The molecule has 0 aromatic carbocycles. The molecule has 0 saturated carbocycles. The Morgan fingerprint density at radius 3 is 2.44 bits per heavy atom. The van der Waals surface area contributed by atoms with Gasteiger partial charge in [-0.05, 0) is 18.6 Å². The number of hydrogen-bond acceptors (Lipinski definition) is 5. The van der Waals surface area contributed by atoms with Gasteiger partial charge >= 0.3 is 0 Å². The molecule has 6 heteroatoms. The lowest BCUT2D eigenvalue weighted by molar-refractivity contribution is -0.111. The van der Waals surface area contributed by atoms with Gasteiger partial charge in [-0.3, -0.25) is 14.5 Å². The van der Waals surface area contributed by atoms with E-state index in [1.807, 2.05) is 16.7 Å². The van der Waals surface area contributed by atoms with Crippen molar-refractivity contribution in [3.8, 4) is 0 Å². The Morgan fingerprint density at radius 1 is 1.04 bits per heavy atom. The van der Waals surface area contributed by atoms with E-state index in [0.717, 1.165) is 45.1 Å². The second-order valence-corrected chi connectivity index (χ2v) is 7.11. The third kappa shape index (κ3) is 4.70. The lowest BCUT2D eigenvalue weighted by Crippen LogP contribution is -2.37. The number of carbonyl (C=O) groups excluding carboxylic acids is 2. The summed E-state index contributed by atoms with van der Waals surface area (Å²) in [4.78, 5) is 32.2. The van der Waals surface area contributed by atoms with Crippen LogP contribution in [0.2, 0.25) is 0 Å². The van der Waals surface area contributed by atoms with Crippen molar-refractivity contribution in [1.29, 1.82) is 0 Å². The fraction of sp³-hybridized carbons (Fsp3) is 0.476. The highest BCUT2D eigenvalue weighted by Gasteiger charge is 2.26. The molecule has 1 aliphatic carbocycles. The zero-order chi connectivity index (χ0) is 19.2. The molecule has 0 amide bonds. The zero-order valence-electron chi connectivity index (χ0n) is 16.1. The molecule has 144 valence electrons. The summed E-state index contributed by atoms with van der Waals surface area (Å²) < 4.78 is 7.34. The third-order valence-corrected chi connectivity index (χ3v) is 4.77. The summed E-state index contributed by atoms with van der Waals surface area (Å²) >= 11 is 0. The van der Waals surface area contributed by atoms with Gasteiger partial charge in [0.15, 0.2) is 0 Å². The van der Waals surface area contributed by atoms with Gasteiger partial charge in [-0.1, -0.05) is 38.2 Å². The van der Waals surface area contributed by atoms with E-state index in [1.165, 1.54) is 6.08 Å². The second kappa shape index (κ2) is 9.06. The van der Waals surface area contributed by atoms with E-state index in [4.69, 9.17) is 4.74 Å².